The number of ether oxygens (including phenoxy) is 1. The summed E-state index contributed by atoms with van der Waals surface area (Å²) in [6.45, 7) is 7.91. The van der Waals surface area contributed by atoms with E-state index in [1.165, 1.54) is 4.90 Å². The predicted octanol–water partition coefficient (Wildman–Crippen LogP) is 4.99. The van der Waals surface area contributed by atoms with E-state index in [2.05, 4.69) is 20.3 Å². The molecule has 0 aliphatic heterocycles. The number of imidazole rings is 1. The average molecular weight is 627 g/mol. The van der Waals surface area contributed by atoms with Crippen LogP contribution >= 0.6 is 0 Å². The fourth-order valence-electron chi connectivity index (χ4n) is 6.19. The highest BCUT2D eigenvalue weighted by atomic mass is 16.6. The van der Waals surface area contributed by atoms with Gasteiger partial charge in [0.1, 0.15) is 11.6 Å². The number of nitrogens with zero attached hydrogens (tertiary/aromatic N) is 2. The van der Waals surface area contributed by atoms with Gasteiger partial charge < -0.3 is 25.8 Å². The molecule has 1 atom stereocenters. The number of fused-ring (bicyclic) bond motifs is 1. The van der Waals surface area contributed by atoms with Crippen LogP contribution in [0.5, 0.6) is 0 Å². The van der Waals surface area contributed by atoms with Crippen LogP contribution in [0.1, 0.15) is 57.6 Å². The van der Waals surface area contributed by atoms with Gasteiger partial charge in [0, 0.05) is 37.0 Å². The van der Waals surface area contributed by atoms with Gasteiger partial charge in [-0.1, -0.05) is 24.3 Å². The summed E-state index contributed by atoms with van der Waals surface area (Å²) in [6.07, 6.45) is 5.96. The van der Waals surface area contributed by atoms with Gasteiger partial charge in [-0.3, -0.25) is 19.5 Å². The van der Waals surface area contributed by atoms with Gasteiger partial charge in [0.05, 0.1) is 11.0 Å². The predicted molar refractivity (Wildman–Crippen MR) is 177 cm³/mol. The molecular weight excluding hydrogens is 584 g/mol. The summed E-state index contributed by atoms with van der Waals surface area (Å²) in [5.41, 5.74) is 10.6. The van der Waals surface area contributed by atoms with Gasteiger partial charge in [-0.25, -0.2) is 9.59 Å². The average Bonchev–Trinajstić information content (AvgIpc) is 3.38. The minimum absolute atomic E-state index is 0.194. The lowest BCUT2D eigenvalue weighted by atomic mass is 9.81. The van der Waals surface area contributed by atoms with Gasteiger partial charge in [0.25, 0.3) is 0 Å². The van der Waals surface area contributed by atoms with Crippen molar-refractivity contribution in [3.8, 4) is 11.1 Å². The molecule has 1 saturated carbocycles. The van der Waals surface area contributed by atoms with Crippen LogP contribution in [0, 0.1) is 18.8 Å². The van der Waals surface area contributed by atoms with Crippen molar-refractivity contribution >= 4 is 34.6 Å². The number of H-pyrrole nitrogens is 2. The number of rotatable bonds is 9. The first-order valence-corrected chi connectivity index (χ1v) is 15.7. The Bertz CT molecular complexity index is 1780. The maximum absolute atomic E-state index is 14.4. The fourth-order valence-corrected chi connectivity index (χ4v) is 6.19. The zero-order valence-electron chi connectivity index (χ0n) is 26.8. The first kappa shape index (κ1) is 32.5. The van der Waals surface area contributed by atoms with Crippen molar-refractivity contribution in [1.29, 1.82) is 0 Å². The number of primary amides is 1. The van der Waals surface area contributed by atoms with Crippen LogP contribution in [0.25, 0.3) is 22.2 Å². The Morgan fingerprint density at radius 2 is 1.78 bits per heavy atom. The molecule has 0 radical (unpaired) electrons. The Labute approximate surface area is 267 Å². The molecule has 242 valence electrons. The number of aromatic amines is 2. The number of anilines is 1. The third kappa shape index (κ3) is 7.82. The Hall–Kier alpha value is -4.93. The van der Waals surface area contributed by atoms with Gasteiger partial charge in [-0.2, -0.15) is 0 Å². The molecule has 1 aliphatic carbocycles. The van der Waals surface area contributed by atoms with Crippen molar-refractivity contribution < 1.29 is 19.1 Å². The van der Waals surface area contributed by atoms with E-state index in [4.69, 9.17) is 10.5 Å². The molecule has 1 aliphatic rings. The molecule has 4 aromatic rings. The van der Waals surface area contributed by atoms with Crippen LogP contribution in [0.2, 0.25) is 0 Å². The molecule has 11 heteroatoms. The quantitative estimate of drug-likeness (QED) is 0.205. The molecule has 5 rings (SSSR count). The van der Waals surface area contributed by atoms with Crippen LogP contribution in [0.15, 0.2) is 65.7 Å². The number of nitrogens with one attached hydrogen (secondary N) is 3. The van der Waals surface area contributed by atoms with Gasteiger partial charge in [-0.15, -0.1) is 0 Å². The summed E-state index contributed by atoms with van der Waals surface area (Å²) in [5, 5.41) is 2.85. The number of aryl methyl sites for hydroxylation is 1. The van der Waals surface area contributed by atoms with E-state index in [1.54, 1.807) is 30.6 Å². The van der Waals surface area contributed by atoms with Crippen LogP contribution in [-0.2, 0) is 20.7 Å². The van der Waals surface area contributed by atoms with Crippen molar-refractivity contribution in [2.45, 2.75) is 71.4 Å². The van der Waals surface area contributed by atoms with E-state index < -0.39 is 23.6 Å². The van der Waals surface area contributed by atoms with Crippen LogP contribution in [0.4, 0.5) is 10.5 Å². The zero-order valence-corrected chi connectivity index (χ0v) is 26.8. The van der Waals surface area contributed by atoms with Gasteiger partial charge in [0.15, 0.2) is 0 Å². The second-order valence-electron chi connectivity index (χ2n) is 13.1. The number of hydrogen-bond acceptors (Lipinski definition) is 6. The topological polar surface area (TPSA) is 163 Å². The summed E-state index contributed by atoms with van der Waals surface area (Å²) in [7, 11) is 0. The maximum Gasteiger partial charge on any atom is 0.407 e. The van der Waals surface area contributed by atoms with E-state index in [9.17, 15) is 19.2 Å². The highest BCUT2D eigenvalue weighted by molar-refractivity contribution is 6.02. The molecule has 11 nitrogen and oxygen atoms in total. The maximum atomic E-state index is 14.4. The monoisotopic (exact) mass is 626 g/mol. The first-order chi connectivity index (χ1) is 21.9. The number of aromatic nitrogens is 3. The molecule has 0 unspecified atom stereocenters. The second-order valence-corrected chi connectivity index (χ2v) is 13.1. The number of benzene rings is 2. The minimum atomic E-state index is -0.976. The lowest BCUT2D eigenvalue weighted by Crippen LogP contribution is -2.52. The van der Waals surface area contributed by atoms with Crippen molar-refractivity contribution in [2.24, 2.45) is 17.6 Å². The first-order valence-electron chi connectivity index (χ1n) is 15.7. The van der Waals surface area contributed by atoms with Crippen molar-refractivity contribution in [3.05, 3.63) is 82.5 Å². The van der Waals surface area contributed by atoms with Gasteiger partial charge in [-0.05, 0) is 106 Å². The van der Waals surface area contributed by atoms with E-state index in [0.717, 1.165) is 35.1 Å². The Kier molecular flexibility index (Phi) is 9.60. The number of amides is 3. The molecule has 2 aromatic carbocycles. The number of pyridine rings is 1. The van der Waals surface area contributed by atoms with Gasteiger partial charge >= 0.3 is 11.8 Å². The van der Waals surface area contributed by atoms with E-state index in [0.29, 0.717) is 36.1 Å². The molecular formula is C35H42N6O5. The van der Waals surface area contributed by atoms with E-state index >= 15 is 0 Å². The third-order valence-electron chi connectivity index (χ3n) is 8.47. The zero-order chi connectivity index (χ0) is 33.0. The lowest BCUT2D eigenvalue weighted by Gasteiger charge is -2.36. The summed E-state index contributed by atoms with van der Waals surface area (Å²) in [5.74, 6) is -0.957. The third-order valence-corrected chi connectivity index (χ3v) is 8.47. The molecule has 1 fully saturated rings. The number of carbonyl (C=O) groups is 3. The van der Waals surface area contributed by atoms with Crippen molar-refractivity contribution in [1.82, 2.24) is 20.3 Å². The normalized spacial score (nSPS) is 17.3. The van der Waals surface area contributed by atoms with Gasteiger partial charge in [0.2, 0.25) is 11.8 Å². The smallest absolute Gasteiger partial charge is 0.407 e. The van der Waals surface area contributed by atoms with Crippen LogP contribution < -0.4 is 21.6 Å². The SMILES string of the molecule is Cc1cnccc1-c1cccc(C[C@@H](C(N)=O)N(c2ccc3[nH]c(=O)[nH]c3c2)C(=O)[C@H]2CC[C@H](CNC(=O)OC(C)(C)C)CC2)c1. The number of nitrogens with two attached hydrogens (primary N) is 1. The number of carbonyl (C=O) groups excluding carboxylic acids is 3. The molecule has 5 N–H and O–H groups in total. The Morgan fingerprint density at radius 1 is 1.04 bits per heavy atom. The number of hydrogen-bond donors (Lipinski definition) is 4. The fraction of sp³-hybridized carbons (Fsp3) is 0.400. The summed E-state index contributed by atoms with van der Waals surface area (Å²) in [4.78, 5) is 62.9. The molecule has 2 aromatic heterocycles. The molecule has 0 bridgehead atoms. The second kappa shape index (κ2) is 13.6. The summed E-state index contributed by atoms with van der Waals surface area (Å²) < 4.78 is 5.35. The molecule has 2 heterocycles. The Balaban J connectivity index is 1.39. The highest BCUT2D eigenvalue weighted by Crippen LogP contribution is 2.33. The van der Waals surface area contributed by atoms with Crippen molar-refractivity contribution in [2.75, 3.05) is 11.4 Å². The van der Waals surface area contributed by atoms with Crippen LogP contribution in [-0.4, -0.2) is 51.0 Å². The highest BCUT2D eigenvalue weighted by Gasteiger charge is 2.36. The van der Waals surface area contributed by atoms with Crippen molar-refractivity contribution in [3.63, 3.8) is 0 Å². The standard InChI is InChI=1S/C35H42N6O5/c1-21-19-37-15-14-27(21)25-7-5-6-23(16-25)17-30(31(36)42)41(26-12-13-28-29(18-26)40-33(44)39-28)32(43)24-10-8-22(9-11-24)20-38-34(45)46-35(2,3)4/h5-7,12-16,18-19,22,24,30H,8-11,17,20H2,1-4H3,(H2,36,42)(H,38,45)(H2,39,40,44)/t22-,24-,30-/m0/s1. The van der Waals surface area contributed by atoms with E-state index in [1.807, 2.05) is 58.0 Å². The molecule has 0 saturated heterocycles. The molecule has 3 amide bonds. The van der Waals surface area contributed by atoms with E-state index in [-0.39, 0.29) is 29.9 Å². The summed E-state index contributed by atoms with van der Waals surface area (Å²) >= 11 is 0. The Morgan fingerprint density at radius 3 is 2.48 bits per heavy atom. The summed E-state index contributed by atoms with van der Waals surface area (Å²) in [6, 6.07) is 14.0. The number of alkyl carbamates (subject to hydrolysis) is 1. The lowest BCUT2D eigenvalue weighted by molar-refractivity contribution is -0.127. The molecule has 0 spiro atoms. The van der Waals surface area contributed by atoms with Crippen LogP contribution in [0.3, 0.4) is 0 Å². The largest absolute Gasteiger partial charge is 0.444 e. The minimum Gasteiger partial charge on any atom is -0.444 e. The molecule has 46 heavy (non-hydrogen) atoms.